The number of hydrogen-bond donors (Lipinski definition) is 0. The summed E-state index contributed by atoms with van der Waals surface area (Å²) in [5.41, 5.74) is 24.2. The van der Waals surface area contributed by atoms with Crippen molar-refractivity contribution in [2.45, 2.75) is 0 Å². The number of fused-ring (bicyclic) bond motifs is 12. The molecule has 8 nitrogen and oxygen atoms in total. The fourth-order valence-corrected chi connectivity index (χ4v) is 13.5. The van der Waals surface area contributed by atoms with Crippen LogP contribution in [-0.4, -0.2) is 38.2 Å². The standard InChI is InChI=1S/C50H32N6.C30H20N2/c1-3-16-39(43-18-5-7-26-51-43)37(14-1)33-22-24-45-41(30-33)49-47(20-10-28-53-49)55(45)35-12-9-13-36(32-35)56-46-25-23-34(31-42(46)50-48(56)21-11-29-54-50)38-15-2-4-17-40(38)44-19-6-8-27-52-44;1-5-16-27-23(12-1)24-13-2-6-17-28(24)31(27)21-10-9-11-22(20-21)32-29-18-7-3-14-25(29)26-15-4-8-19-30(26)32/h1-32H;1-20H. The van der Waals surface area contributed by atoms with E-state index in [1.165, 1.54) is 55.0 Å². The highest BCUT2D eigenvalue weighted by Crippen LogP contribution is 2.41. The van der Waals surface area contributed by atoms with E-state index in [1.807, 2.05) is 61.2 Å². The molecule has 18 aromatic rings. The third-order valence-corrected chi connectivity index (χ3v) is 17.3. The van der Waals surface area contributed by atoms with E-state index in [0.717, 1.165) is 100 Å². The van der Waals surface area contributed by atoms with Gasteiger partial charge in [0.15, 0.2) is 0 Å². The molecule has 10 aromatic carbocycles. The average molecular weight is 1130 g/mol. The van der Waals surface area contributed by atoms with Gasteiger partial charge in [-0.1, -0.05) is 158 Å². The van der Waals surface area contributed by atoms with Crippen LogP contribution in [0.2, 0.25) is 0 Å². The van der Waals surface area contributed by atoms with E-state index >= 15 is 0 Å². The predicted octanol–water partition coefficient (Wildman–Crippen LogP) is 20.0. The van der Waals surface area contributed by atoms with Gasteiger partial charge < -0.3 is 18.3 Å². The first kappa shape index (κ1) is 50.5. The molecule has 0 spiro atoms. The number of nitrogens with zero attached hydrogens (tertiary/aromatic N) is 8. The first-order valence-electron chi connectivity index (χ1n) is 29.7. The number of aromatic nitrogens is 8. The van der Waals surface area contributed by atoms with Crippen molar-refractivity contribution in [2.75, 3.05) is 0 Å². The number of para-hydroxylation sites is 4. The summed E-state index contributed by atoms with van der Waals surface area (Å²) in [4.78, 5) is 19.2. The Kier molecular flexibility index (Phi) is 12.0. The lowest BCUT2D eigenvalue weighted by Gasteiger charge is -2.13. The summed E-state index contributed by atoms with van der Waals surface area (Å²) in [5.74, 6) is 0. The van der Waals surface area contributed by atoms with Crippen molar-refractivity contribution in [1.82, 2.24) is 38.2 Å². The topological polar surface area (TPSA) is 71.3 Å². The lowest BCUT2D eigenvalue weighted by molar-refractivity contribution is 1.13. The molecule has 0 amide bonds. The third kappa shape index (κ3) is 8.30. The second-order valence-corrected chi connectivity index (χ2v) is 22.2. The largest absolute Gasteiger partial charge is 0.309 e. The quantitative estimate of drug-likeness (QED) is 0.152. The highest BCUT2D eigenvalue weighted by atomic mass is 15.0. The summed E-state index contributed by atoms with van der Waals surface area (Å²) in [6, 6.07) is 103. The van der Waals surface area contributed by atoms with Gasteiger partial charge in [0.1, 0.15) is 0 Å². The average Bonchev–Trinajstić information content (AvgIpc) is 3.27. The maximum atomic E-state index is 4.93. The molecule has 0 N–H and O–H groups in total. The highest BCUT2D eigenvalue weighted by molar-refractivity contribution is 6.12. The van der Waals surface area contributed by atoms with Crippen LogP contribution < -0.4 is 0 Å². The molecule has 8 heteroatoms. The smallest absolute Gasteiger partial charge is 0.0963 e. The molecule has 0 saturated carbocycles. The van der Waals surface area contributed by atoms with Gasteiger partial charge in [-0.15, -0.1) is 0 Å². The molecule has 88 heavy (non-hydrogen) atoms. The van der Waals surface area contributed by atoms with Gasteiger partial charge in [0.2, 0.25) is 0 Å². The summed E-state index contributed by atoms with van der Waals surface area (Å²) >= 11 is 0. The Hall–Kier alpha value is -12.0. The fourth-order valence-electron chi connectivity index (χ4n) is 13.5. The molecule has 8 heterocycles. The summed E-state index contributed by atoms with van der Waals surface area (Å²) in [6.07, 6.45) is 7.45. The Morgan fingerprint density at radius 2 is 0.500 bits per heavy atom. The van der Waals surface area contributed by atoms with Crippen molar-refractivity contribution < 1.29 is 0 Å². The number of pyridine rings is 4. The Bertz CT molecular complexity index is 5260. The van der Waals surface area contributed by atoms with E-state index in [0.29, 0.717) is 0 Å². The van der Waals surface area contributed by atoms with Crippen LogP contribution in [0.15, 0.2) is 316 Å². The Labute approximate surface area is 506 Å². The molecular formula is C80H52N8. The number of benzene rings is 10. The van der Waals surface area contributed by atoms with Crippen molar-refractivity contribution in [1.29, 1.82) is 0 Å². The maximum Gasteiger partial charge on any atom is 0.0963 e. The molecule has 412 valence electrons. The van der Waals surface area contributed by atoms with Crippen LogP contribution in [0.3, 0.4) is 0 Å². The number of rotatable bonds is 8. The van der Waals surface area contributed by atoms with Crippen LogP contribution in [-0.2, 0) is 0 Å². The van der Waals surface area contributed by atoms with E-state index in [2.05, 4.69) is 283 Å². The first-order valence-corrected chi connectivity index (χ1v) is 29.7. The normalized spacial score (nSPS) is 11.6. The van der Waals surface area contributed by atoms with E-state index in [1.54, 1.807) is 0 Å². The minimum Gasteiger partial charge on any atom is -0.309 e. The van der Waals surface area contributed by atoms with E-state index in [-0.39, 0.29) is 0 Å². The van der Waals surface area contributed by atoms with Crippen LogP contribution in [0.5, 0.6) is 0 Å². The zero-order chi connectivity index (χ0) is 58.1. The SMILES string of the molecule is c1cc(-n2c3ccccc3c3ccccc32)cc(-n2c3ccccc3c3ccccc32)c1.c1ccc(-c2ccccc2-c2ccc3c(c2)c2ncccc2n3-c2cccc(-n3c4ccc(-c5ccccc5-c5ccccn5)cc4c4ncccc43)c2)nc1. The second kappa shape index (κ2) is 21.0. The van der Waals surface area contributed by atoms with Crippen molar-refractivity contribution in [2.24, 2.45) is 0 Å². The van der Waals surface area contributed by atoms with Gasteiger partial charge in [-0.3, -0.25) is 19.9 Å². The van der Waals surface area contributed by atoms with E-state index in [9.17, 15) is 0 Å². The van der Waals surface area contributed by atoms with Gasteiger partial charge in [0, 0.05) is 91.0 Å². The first-order chi connectivity index (χ1) is 43.7. The van der Waals surface area contributed by atoms with Crippen LogP contribution in [0.25, 0.3) is 155 Å². The Morgan fingerprint density at radius 3 is 0.875 bits per heavy atom. The van der Waals surface area contributed by atoms with Gasteiger partial charge in [-0.25, -0.2) is 0 Å². The molecule has 0 aliphatic carbocycles. The molecule has 0 aliphatic rings. The molecule has 0 radical (unpaired) electrons. The van der Waals surface area contributed by atoms with Gasteiger partial charge in [0.25, 0.3) is 0 Å². The lowest BCUT2D eigenvalue weighted by Crippen LogP contribution is -1.98. The van der Waals surface area contributed by atoms with Gasteiger partial charge >= 0.3 is 0 Å². The summed E-state index contributed by atoms with van der Waals surface area (Å²) in [6.45, 7) is 0. The monoisotopic (exact) mass is 1120 g/mol. The van der Waals surface area contributed by atoms with Gasteiger partial charge in [-0.05, 0) is 156 Å². The highest BCUT2D eigenvalue weighted by Gasteiger charge is 2.21. The summed E-state index contributed by atoms with van der Waals surface area (Å²) in [5, 5.41) is 7.32. The summed E-state index contributed by atoms with van der Waals surface area (Å²) < 4.78 is 9.41. The second-order valence-electron chi connectivity index (χ2n) is 22.2. The molecular weight excluding hydrogens is 1070 g/mol. The molecule has 0 saturated heterocycles. The van der Waals surface area contributed by atoms with Gasteiger partial charge in [0.05, 0.1) is 66.6 Å². The van der Waals surface area contributed by atoms with Crippen molar-refractivity contribution in [3.8, 4) is 67.5 Å². The molecule has 0 unspecified atom stereocenters. The molecule has 18 rings (SSSR count). The zero-order valence-corrected chi connectivity index (χ0v) is 47.6. The van der Waals surface area contributed by atoms with Crippen LogP contribution in [0, 0.1) is 0 Å². The lowest BCUT2D eigenvalue weighted by atomic mass is 9.96. The van der Waals surface area contributed by atoms with Crippen LogP contribution in [0.4, 0.5) is 0 Å². The fraction of sp³-hybridized carbons (Fsp3) is 0. The minimum absolute atomic E-state index is 0.950. The predicted molar refractivity (Wildman–Crippen MR) is 363 cm³/mol. The Balaban J connectivity index is 0.000000158. The Morgan fingerprint density at radius 1 is 0.193 bits per heavy atom. The van der Waals surface area contributed by atoms with Crippen molar-refractivity contribution in [3.05, 3.63) is 316 Å². The van der Waals surface area contributed by atoms with Gasteiger partial charge in [-0.2, -0.15) is 0 Å². The molecule has 0 aliphatic heterocycles. The zero-order valence-electron chi connectivity index (χ0n) is 47.6. The molecule has 0 fully saturated rings. The summed E-state index contributed by atoms with van der Waals surface area (Å²) in [7, 11) is 0. The molecule has 8 aromatic heterocycles. The van der Waals surface area contributed by atoms with Crippen molar-refractivity contribution in [3.63, 3.8) is 0 Å². The number of hydrogen-bond acceptors (Lipinski definition) is 4. The molecule has 0 bridgehead atoms. The molecule has 0 atom stereocenters. The van der Waals surface area contributed by atoms with Crippen LogP contribution in [0.1, 0.15) is 0 Å². The van der Waals surface area contributed by atoms with Crippen LogP contribution >= 0.6 is 0 Å². The maximum absolute atomic E-state index is 4.93. The third-order valence-electron chi connectivity index (χ3n) is 17.3. The van der Waals surface area contributed by atoms with Crippen molar-refractivity contribution >= 4 is 87.5 Å². The van der Waals surface area contributed by atoms with E-state index < -0.39 is 0 Å². The van der Waals surface area contributed by atoms with E-state index in [4.69, 9.17) is 9.97 Å². The minimum atomic E-state index is 0.950.